The van der Waals surface area contributed by atoms with Gasteiger partial charge < -0.3 is 0 Å². The zero-order chi connectivity index (χ0) is 11.2. The number of hydrogen-bond acceptors (Lipinski definition) is 2. The zero-order valence-corrected chi connectivity index (χ0v) is 11.3. The molecule has 0 aromatic carbocycles. The predicted octanol–water partition coefficient (Wildman–Crippen LogP) is 4.91. The van der Waals surface area contributed by atoms with E-state index in [4.69, 9.17) is 0 Å². The van der Waals surface area contributed by atoms with E-state index in [0.717, 1.165) is 6.54 Å². The second kappa shape index (κ2) is 14.0. The average molecular weight is 229 g/mol. The molecule has 0 saturated carbocycles. The molecule has 0 unspecified atom stereocenters. The number of hydrogen-bond donors (Lipinski definition) is 0. The van der Waals surface area contributed by atoms with Gasteiger partial charge in [0, 0.05) is 12.3 Å². The highest BCUT2D eigenvalue weighted by atomic mass is 32.2. The highest BCUT2D eigenvalue weighted by Gasteiger charge is 1.87. The van der Waals surface area contributed by atoms with Gasteiger partial charge in [0.15, 0.2) is 0 Å². The topological polar surface area (TPSA) is 12.4 Å². The van der Waals surface area contributed by atoms with Crippen molar-refractivity contribution in [2.24, 2.45) is 4.99 Å². The van der Waals surface area contributed by atoms with Crippen molar-refractivity contribution in [2.45, 2.75) is 65.2 Å². The molecule has 2 heteroatoms. The first kappa shape index (κ1) is 15.0. The van der Waals surface area contributed by atoms with Crippen LogP contribution in [0.4, 0.5) is 0 Å². The summed E-state index contributed by atoms with van der Waals surface area (Å²) in [5.41, 5.74) is 1.90. The fourth-order valence-electron chi connectivity index (χ4n) is 1.47. The predicted molar refractivity (Wildman–Crippen MR) is 74.1 cm³/mol. The third kappa shape index (κ3) is 14.0. The number of unbranched alkanes of at least 4 members (excludes halogenated alkanes) is 7. The molecule has 0 saturated heterocycles. The molecule has 0 fully saturated rings. The largest absolute Gasteiger partial charge is 0.285 e. The Labute approximate surface area is 100 Å². The minimum atomic E-state index is 1.03. The molecule has 0 amide bonds. The molecule has 0 aliphatic carbocycles. The molecule has 0 aromatic rings. The molecular weight excluding hydrogens is 202 g/mol. The second-order valence-electron chi connectivity index (χ2n) is 4.00. The molecule has 0 N–H and O–H groups in total. The smallest absolute Gasteiger partial charge is 0.0542 e. The van der Waals surface area contributed by atoms with Crippen molar-refractivity contribution < 1.29 is 0 Å². The van der Waals surface area contributed by atoms with Crippen LogP contribution in [0.5, 0.6) is 0 Å². The SMILES string of the molecule is C1=NCCS1.CCCCCCCCCC. The van der Waals surface area contributed by atoms with Crippen LogP contribution in [0, 0.1) is 0 Å². The molecule has 0 aromatic heterocycles. The Balaban J connectivity index is 0.000000322. The molecule has 0 atom stereocenters. The Hall–Kier alpha value is 0.0200. The summed E-state index contributed by atoms with van der Waals surface area (Å²) in [6.07, 6.45) is 11.5. The Morgan fingerprint density at radius 1 is 0.933 bits per heavy atom. The van der Waals surface area contributed by atoms with Gasteiger partial charge in [-0.1, -0.05) is 65.2 Å². The van der Waals surface area contributed by atoms with Crippen LogP contribution in [0.15, 0.2) is 4.99 Å². The van der Waals surface area contributed by atoms with E-state index in [1.54, 1.807) is 11.8 Å². The van der Waals surface area contributed by atoms with Gasteiger partial charge in [-0.2, -0.15) is 0 Å². The lowest BCUT2D eigenvalue weighted by Gasteiger charge is -1.97. The van der Waals surface area contributed by atoms with Crippen molar-refractivity contribution in [3.05, 3.63) is 0 Å². The van der Waals surface area contributed by atoms with E-state index in [-0.39, 0.29) is 0 Å². The maximum atomic E-state index is 3.92. The molecule has 1 aliphatic heterocycles. The number of thioether (sulfide) groups is 1. The van der Waals surface area contributed by atoms with E-state index in [0.29, 0.717) is 0 Å². The Kier molecular flexibility index (Phi) is 14.0. The van der Waals surface area contributed by atoms with Gasteiger partial charge in [-0.15, -0.1) is 11.8 Å². The van der Waals surface area contributed by atoms with E-state index >= 15 is 0 Å². The molecule has 0 bridgehead atoms. The fourth-order valence-corrected chi connectivity index (χ4v) is 2.00. The lowest BCUT2D eigenvalue weighted by atomic mass is 10.1. The zero-order valence-electron chi connectivity index (χ0n) is 10.5. The maximum Gasteiger partial charge on any atom is 0.0542 e. The summed E-state index contributed by atoms with van der Waals surface area (Å²) in [5.74, 6) is 1.19. The van der Waals surface area contributed by atoms with Crippen LogP contribution in [0.1, 0.15) is 65.2 Å². The number of aliphatic imine (C=N–C) groups is 1. The summed E-state index contributed by atoms with van der Waals surface area (Å²) in [7, 11) is 0. The molecule has 1 nitrogen and oxygen atoms in total. The maximum absolute atomic E-state index is 3.92. The Morgan fingerprint density at radius 2 is 1.47 bits per heavy atom. The minimum absolute atomic E-state index is 1.03. The van der Waals surface area contributed by atoms with Crippen molar-refractivity contribution in [2.75, 3.05) is 12.3 Å². The summed E-state index contributed by atoms with van der Waals surface area (Å²) in [4.78, 5) is 3.92. The molecule has 1 aliphatic rings. The second-order valence-corrected chi connectivity index (χ2v) is 4.96. The van der Waals surface area contributed by atoms with E-state index in [9.17, 15) is 0 Å². The van der Waals surface area contributed by atoms with E-state index in [1.807, 2.05) is 5.55 Å². The lowest BCUT2D eigenvalue weighted by molar-refractivity contribution is 0.585. The van der Waals surface area contributed by atoms with E-state index in [1.165, 1.54) is 57.1 Å². The van der Waals surface area contributed by atoms with Crippen molar-refractivity contribution in [3.63, 3.8) is 0 Å². The molecule has 0 spiro atoms. The lowest BCUT2D eigenvalue weighted by Crippen LogP contribution is -1.77. The molecule has 1 rings (SSSR count). The summed E-state index contributed by atoms with van der Waals surface area (Å²) in [6.45, 7) is 5.57. The van der Waals surface area contributed by atoms with Gasteiger partial charge in [-0.05, 0) is 0 Å². The van der Waals surface area contributed by atoms with Crippen LogP contribution >= 0.6 is 11.8 Å². The molecule has 15 heavy (non-hydrogen) atoms. The normalized spacial score (nSPS) is 13.7. The Morgan fingerprint density at radius 3 is 1.73 bits per heavy atom. The van der Waals surface area contributed by atoms with Crippen LogP contribution < -0.4 is 0 Å². The Bertz CT molecular complexity index is 120. The third-order valence-electron chi connectivity index (χ3n) is 2.44. The summed E-state index contributed by atoms with van der Waals surface area (Å²) >= 11 is 1.78. The molecule has 0 radical (unpaired) electrons. The summed E-state index contributed by atoms with van der Waals surface area (Å²) in [6, 6.07) is 0. The van der Waals surface area contributed by atoms with Crippen LogP contribution in [0.25, 0.3) is 0 Å². The van der Waals surface area contributed by atoms with E-state index < -0.39 is 0 Å². The summed E-state index contributed by atoms with van der Waals surface area (Å²) < 4.78 is 0. The first-order chi connectivity index (χ1) is 7.41. The quantitative estimate of drug-likeness (QED) is 0.565. The molecule has 90 valence electrons. The van der Waals surface area contributed by atoms with Crippen LogP contribution in [-0.4, -0.2) is 17.8 Å². The van der Waals surface area contributed by atoms with Crippen molar-refractivity contribution in [3.8, 4) is 0 Å². The first-order valence-electron chi connectivity index (χ1n) is 6.51. The van der Waals surface area contributed by atoms with Crippen molar-refractivity contribution >= 4 is 17.3 Å². The monoisotopic (exact) mass is 229 g/mol. The van der Waals surface area contributed by atoms with Crippen molar-refractivity contribution in [1.29, 1.82) is 0 Å². The van der Waals surface area contributed by atoms with E-state index in [2.05, 4.69) is 18.8 Å². The van der Waals surface area contributed by atoms with Gasteiger partial charge in [0.05, 0.1) is 5.55 Å². The van der Waals surface area contributed by atoms with Gasteiger partial charge in [0.1, 0.15) is 0 Å². The van der Waals surface area contributed by atoms with Crippen molar-refractivity contribution in [1.82, 2.24) is 0 Å². The van der Waals surface area contributed by atoms with Gasteiger partial charge in [-0.25, -0.2) is 0 Å². The van der Waals surface area contributed by atoms with Gasteiger partial charge >= 0.3 is 0 Å². The highest BCUT2D eigenvalue weighted by Crippen LogP contribution is 2.07. The number of nitrogens with zero attached hydrogens (tertiary/aromatic N) is 1. The van der Waals surface area contributed by atoms with Crippen LogP contribution in [-0.2, 0) is 0 Å². The minimum Gasteiger partial charge on any atom is -0.285 e. The summed E-state index contributed by atoms with van der Waals surface area (Å²) in [5, 5.41) is 0. The van der Waals surface area contributed by atoms with Gasteiger partial charge in [0.2, 0.25) is 0 Å². The molecular formula is C13H27NS. The fraction of sp³-hybridized carbons (Fsp3) is 0.923. The highest BCUT2D eigenvalue weighted by molar-refractivity contribution is 8.12. The van der Waals surface area contributed by atoms with Gasteiger partial charge in [-0.3, -0.25) is 4.99 Å². The average Bonchev–Trinajstić information content (AvgIpc) is 2.82. The number of rotatable bonds is 7. The molecule has 1 heterocycles. The first-order valence-corrected chi connectivity index (χ1v) is 7.56. The van der Waals surface area contributed by atoms with Crippen LogP contribution in [0.2, 0.25) is 0 Å². The third-order valence-corrected chi connectivity index (χ3v) is 3.16. The van der Waals surface area contributed by atoms with Gasteiger partial charge in [0.25, 0.3) is 0 Å². The van der Waals surface area contributed by atoms with Crippen LogP contribution in [0.3, 0.4) is 0 Å². The standard InChI is InChI=1S/C10H22.C3H5NS/c1-3-5-7-9-10-8-6-4-2;1-2-5-3-4-1/h3-10H2,1-2H3;3H,1-2H2.